The first-order valence-corrected chi connectivity index (χ1v) is 10.2. The highest BCUT2D eigenvalue weighted by Gasteiger charge is 2.29. The van der Waals surface area contributed by atoms with Gasteiger partial charge in [0.2, 0.25) is 11.7 Å². The highest BCUT2D eigenvalue weighted by Crippen LogP contribution is 2.26. The molecule has 1 aromatic carbocycles. The lowest BCUT2D eigenvalue weighted by atomic mass is 9.98. The first kappa shape index (κ1) is 18.0. The average molecular weight is 385 g/mol. The summed E-state index contributed by atoms with van der Waals surface area (Å²) in [7, 11) is 1.69. The molecule has 3 heterocycles. The second-order valence-electron chi connectivity index (χ2n) is 7.22. The van der Waals surface area contributed by atoms with Gasteiger partial charge < -0.3 is 4.90 Å². The first-order valence-electron chi connectivity index (χ1n) is 9.26. The maximum absolute atomic E-state index is 12.8. The van der Waals surface area contributed by atoms with Crippen LogP contribution in [0.2, 0.25) is 0 Å². The monoisotopic (exact) mass is 385 g/mol. The van der Waals surface area contributed by atoms with Crippen LogP contribution in [0.5, 0.6) is 0 Å². The number of likely N-dealkylation sites (tertiary alicyclic amines) is 1. The predicted octanol–water partition coefficient (Wildman–Crippen LogP) is 2.46. The van der Waals surface area contributed by atoms with Crippen molar-refractivity contribution in [1.82, 2.24) is 24.1 Å². The number of aromatic nitrogens is 4. The number of carbonyl (C=O) groups is 1. The summed E-state index contributed by atoms with van der Waals surface area (Å²) >= 11 is 1.37. The molecule has 3 aromatic rings. The van der Waals surface area contributed by atoms with Crippen LogP contribution < -0.4 is 5.56 Å². The van der Waals surface area contributed by atoms with Crippen LogP contribution in [0.3, 0.4) is 0 Å². The van der Waals surface area contributed by atoms with Gasteiger partial charge in [-0.15, -0.1) is 10.2 Å². The molecular weight excluding hydrogens is 362 g/mol. The van der Waals surface area contributed by atoms with Crippen molar-refractivity contribution < 1.29 is 4.79 Å². The summed E-state index contributed by atoms with van der Waals surface area (Å²) in [6, 6.07) is 7.96. The minimum Gasteiger partial charge on any atom is -0.337 e. The van der Waals surface area contributed by atoms with E-state index in [4.69, 9.17) is 0 Å². The molecule has 0 spiro atoms. The van der Waals surface area contributed by atoms with Crippen LogP contribution in [-0.2, 0) is 11.8 Å². The van der Waals surface area contributed by atoms with Crippen LogP contribution in [0.1, 0.15) is 33.1 Å². The lowest BCUT2D eigenvalue weighted by Crippen LogP contribution is -2.48. The molecule has 1 fully saturated rings. The van der Waals surface area contributed by atoms with Gasteiger partial charge >= 0.3 is 0 Å². The van der Waals surface area contributed by atoms with Crippen LogP contribution in [0, 0.1) is 0 Å². The first-order chi connectivity index (χ1) is 13.0. The van der Waals surface area contributed by atoms with Gasteiger partial charge in [-0.05, 0) is 45.2 Å². The summed E-state index contributed by atoms with van der Waals surface area (Å²) in [5.41, 5.74) is 0.657. The lowest BCUT2D eigenvalue weighted by molar-refractivity contribution is -0.134. The van der Waals surface area contributed by atoms with E-state index in [2.05, 4.69) is 24.0 Å². The lowest BCUT2D eigenvalue weighted by Gasteiger charge is -2.39. The quantitative estimate of drug-likeness (QED) is 0.648. The van der Waals surface area contributed by atoms with Crippen LogP contribution in [0.4, 0.5) is 0 Å². The van der Waals surface area contributed by atoms with Gasteiger partial charge in [-0.3, -0.25) is 18.6 Å². The number of nitrogens with zero attached hydrogens (tertiary/aromatic N) is 5. The number of piperidine rings is 1. The minimum absolute atomic E-state index is 0.103. The van der Waals surface area contributed by atoms with Crippen LogP contribution in [0.15, 0.2) is 34.2 Å². The zero-order valence-corrected chi connectivity index (χ0v) is 16.6. The summed E-state index contributed by atoms with van der Waals surface area (Å²) < 4.78 is 3.35. The smallest absolute Gasteiger partial charge is 0.262 e. The van der Waals surface area contributed by atoms with Crippen molar-refractivity contribution in [1.29, 1.82) is 0 Å². The number of fused-ring (bicyclic) bond motifs is 3. The van der Waals surface area contributed by atoms with Gasteiger partial charge in [-0.25, -0.2) is 0 Å². The van der Waals surface area contributed by atoms with E-state index in [1.807, 2.05) is 27.5 Å². The van der Waals surface area contributed by atoms with Gasteiger partial charge in [0, 0.05) is 19.1 Å². The van der Waals surface area contributed by atoms with Gasteiger partial charge in [0.1, 0.15) is 0 Å². The molecule has 0 unspecified atom stereocenters. The van der Waals surface area contributed by atoms with Gasteiger partial charge in [-0.1, -0.05) is 23.9 Å². The number of hydrogen-bond acceptors (Lipinski definition) is 5. The SMILES string of the molecule is C[C@@H]1CCC[C@@H](C)N1C(=O)CSc1nnc2n(C)c(=O)c3ccccc3n12. The zero-order valence-electron chi connectivity index (χ0n) is 15.8. The number of carbonyl (C=O) groups excluding carboxylic acids is 1. The van der Waals surface area contributed by atoms with Crippen LogP contribution >= 0.6 is 11.8 Å². The zero-order chi connectivity index (χ0) is 19.1. The number of thioether (sulfide) groups is 1. The van der Waals surface area contributed by atoms with Gasteiger partial charge in [0.05, 0.1) is 16.7 Å². The Kier molecular flexibility index (Phi) is 4.67. The summed E-state index contributed by atoms with van der Waals surface area (Å²) in [6.45, 7) is 4.24. The van der Waals surface area contributed by atoms with Crippen molar-refractivity contribution in [3.63, 3.8) is 0 Å². The van der Waals surface area contributed by atoms with Crippen LogP contribution in [-0.4, -0.2) is 47.8 Å². The normalized spacial score (nSPS) is 20.5. The molecule has 1 aliphatic heterocycles. The van der Waals surface area contributed by atoms with Crippen molar-refractivity contribution >= 4 is 34.3 Å². The Balaban J connectivity index is 1.67. The molecule has 2 aromatic heterocycles. The summed E-state index contributed by atoms with van der Waals surface area (Å²) in [5.74, 6) is 0.922. The third kappa shape index (κ3) is 3.01. The summed E-state index contributed by atoms with van der Waals surface area (Å²) in [5, 5.41) is 9.66. The molecular formula is C19H23N5O2S. The Morgan fingerprint density at radius 1 is 1.19 bits per heavy atom. The Hall–Kier alpha value is -2.35. The van der Waals surface area contributed by atoms with E-state index in [1.54, 1.807) is 13.1 Å². The van der Waals surface area contributed by atoms with E-state index in [0.717, 1.165) is 18.4 Å². The topological polar surface area (TPSA) is 72.5 Å². The highest BCUT2D eigenvalue weighted by atomic mass is 32.2. The fraction of sp³-hybridized carbons (Fsp3) is 0.474. The number of hydrogen-bond donors (Lipinski definition) is 0. The van der Waals surface area contributed by atoms with Crippen molar-refractivity contribution in [3.05, 3.63) is 34.6 Å². The molecule has 0 saturated carbocycles. The standard InChI is InChI=1S/C19H23N5O2S/c1-12-7-6-8-13(2)23(12)16(25)11-27-19-21-20-18-22(3)17(26)14-9-4-5-10-15(14)24(18)19/h4-5,9-10,12-13H,6-8,11H2,1-3H3/t12-,13-/m1/s1. The van der Waals surface area contributed by atoms with E-state index in [-0.39, 0.29) is 23.6 Å². The fourth-order valence-corrected chi connectivity index (χ4v) is 4.83. The number of aryl methyl sites for hydroxylation is 1. The predicted molar refractivity (Wildman–Crippen MR) is 106 cm³/mol. The van der Waals surface area contributed by atoms with E-state index < -0.39 is 0 Å². The molecule has 0 N–H and O–H groups in total. The van der Waals surface area contributed by atoms with Crippen molar-refractivity contribution in [2.24, 2.45) is 7.05 Å². The van der Waals surface area contributed by atoms with Crippen molar-refractivity contribution in [2.45, 2.75) is 50.4 Å². The Morgan fingerprint density at radius 3 is 2.63 bits per heavy atom. The Labute approximate surface area is 161 Å². The van der Waals surface area contributed by atoms with Gasteiger partial charge in [0.25, 0.3) is 5.56 Å². The van der Waals surface area contributed by atoms with Gasteiger partial charge in [0.15, 0.2) is 5.16 Å². The third-order valence-electron chi connectivity index (χ3n) is 5.40. The molecule has 1 aliphatic rings. The maximum atomic E-state index is 12.8. The molecule has 142 valence electrons. The maximum Gasteiger partial charge on any atom is 0.262 e. The van der Waals surface area contributed by atoms with Crippen LogP contribution in [0.25, 0.3) is 16.7 Å². The number of para-hydroxylation sites is 1. The molecule has 2 atom stereocenters. The molecule has 27 heavy (non-hydrogen) atoms. The molecule has 0 bridgehead atoms. The Bertz CT molecular complexity index is 1060. The average Bonchev–Trinajstić information content (AvgIpc) is 3.08. The molecule has 7 nitrogen and oxygen atoms in total. The molecule has 0 aliphatic carbocycles. The third-order valence-corrected chi connectivity index (χ3v) is 6.32. The number of rotatable bonds is 3. The van der Waals surface area contributed by atoms with Gasteiger partial charge in [-0.2, -0.15) is 0 Å². The number of amides is 1. The summed E-state index contributed by atoms with van der Waals surface area (Å²) in [4.78, 5) is 27.3. The molecule has 1 amide bonds. The van der Waals surface area contributed by atoms with E-state index in [1.165, 1.54) is 22.7 Å². The molecule has 0 radical (unpaired) electrons. The molecule has 8 heteroatoms. The van der Waals surface area contributed by atoms with E-state index >= 15 is 0 Å². The van der Waals surface area contributed by atoms with Crippen molar-refractivity contribution in [3.8, 4) is 0 Å². The molecule has 4 rings (SSSR count). The highest BCUT2D eigenvalue weighted by molar-refractivity contribution is 7.99. The number of benzene rings is 1. The van der Waals surface area contributed by atoms with E-state index in [0.29, 0.717) is 22.1 Å². The summed E-state index contributed by atoms with van der Waals surface area (Å²) in [6.07, 6.45) is 3.29. The van der Waals surface area contributed by atoms with Crippen molar-refractivity contribution in [2.75, 3.05) is 5.75 Å². The fourth-order valence-electron chi connectivity index (χ4n) is 4.02. The second kappa shape index (κ2) is 6.99. The minimum atomic E-state index is -0.103. The molecule has 1 saturated heterocycles. The largest absolute Gasteiger partial charge is 0.337 e. The Morgan fingerprint density at radius 2 is 1.89 bits per heavy atom. The van der Waals surface area contributed by atoms with E-state index in [9.17, 15) is 9.59 Å². The second-order valence-corrected chi connectivity index (χ2v) is 8.16.